The summed E-state index contributed by atoms with van der Waals surface area (Å²) in [6.45, 7) is 6.64. The van der Waals surface area contributed by atoms with Gasteiger partial charge in [-0.25, -0.2) is 0 Å². The van der Waals surface area contributed by atoms with Gasteiger partial charge in [-0.05, 0) is 22.8 Å². The summed E-state index contributed by atoms with van der Waals surface area (Å²) in [6, 6.07) is 8.17. The Balaban J connectivity index is 2.11. The van der Waals surface area contributed by atoms with Gasteiger partial charge in [0, 0.05) is 11.0 Å². The van der Waals surface area contributed by atoms with Crippen molar-refractivity contribution in [2.24, 2.45) is 5.41 Å². The molecule has 112 valence electrons. The number of aromatic amines is 1. The first-order chi connectivity index (χ1) is 10.6. The van der Waals surface area contributed by atoms with Crippen molar-refractivity contribution in [2.45, 2.75) is 27.2 Å². The minimum absolute atomic E-state index is 0.00847. The summed E-state index contributed by atoms with van der Waals surface area (Å²) in [6.07, 6.45) is 10.0. The molecule has 1 aromatic carbocycles. The van der Waals surface area contributed by atoms with E-state index in [1.165, 1.54) is 11.1 Å². The predicted molar refractivity (Wildman–Crippen MR) is 88.9 cm³/mol. The maximum absolute atomic E-state index is 4.12. The number of hydrogen-bond donors (Lipinski definition) is 1. The topological polar surface area (TPSA) is 54.5 Å². The highest BCUT2D eigenvalue weighted by atomic mass is 15.5. The average Bonchev–Trinajstić information content (AvgIpc) is 2.98. The van der Waals surface area contributed by atoms with Crippen LogP contribution in [0.2, 0.25) is 0 Å². The Morgan fingerprint density at radius 2 is 1.82 bits per heavy atom. The first-order valence-electron chi connectivity index (χ1n) is 7.55. The minimum atomic E-state index is 0.00847. The first-order valence-corrected chi connectivity index (χ1v) is 7.55. The zero-order valence-corrected chi connectivity index (χ0v) is 13.2. The molecular weight excluding hydrogens is 272 g/mol. The van der Waals surface area contributed by atoms with E-state index in [4.69, 9.17) is 0 Å². The van der Waals surface area contributed by atoms with Crippen LogP contribution in [0, 0.1) is 5.41 Å². The van der Waals surface area contributed by atoms with Crippen LogP contribution in [-0.4, -0.2) is 20.6 Å². The van der Waals surface area contributed by atoms with E-state index in [0.717, 1.165) is 17.5 Å². The van der Waals surface area contributed by atoms with Crippen LogP contribution in [0.15, 0.2) is 54.1 Å². The molecule has 0 spiro atoms. The number of nitrogens with zero attached hydrogens (tertiary/aromatic N) is 3. The number of benzene rings is 1. The average molecular weight is 292 g/mol. The van der Waals surface area contributed by atoms with E-state index in [-0.39, 0.29) is 5.41 Å². The summed E-state index contributed by atoms with van der Waals surface area (Å²) >= 11 is 0. The van der Waals surface area contributed by atoms with Crippen LogP contribution < -0.4 is 0 Å². The molecule has 1 aliphatic rings. The van der Waals surface area contributed by atoms with Crippen LogP contribution in [-0.2, 0) is 0 Å². The van der Waals surface area contributed by atoms with E-state index < -0.39 is 0 Å². The van der Waals surface area contributed by atoms with Gasteiger partial charge in [0.05, 0.1) is 0 Å². The molecule has 3 rings (SSSR count). The van der Waals surface area contributed by atoms with E-state index in [2.05, 4.69) is 71.8 Å². The molecule has 0 fully saturated rings. The highest BCUT2D eigenvalue weighted by Gasteiger charge is 2.18. The van der Waals surface area contributed by atoms with E-state index in [1.54, 1.807) is 0 Å². The lowest BCUT2D eigenvalue weighted by atomic mass is 9.87. The van der Waals surface area contributed by atoms with Gasteiger partial charge in [-0.15, -0.1) is 10.2 Å². The second kappa shape index (κ2) is 5.72. The lowest BCUT2D eigenvalue weighted by Gasteiger charge is -2.17. The molecule has 4 nitrogen and oxygen atoms in total. The SMILES string of the molecule is CCC1=CC(C)(C)C=C(c2ccccc2-c2nn[nH]n2)C=C1. The smallest absolute Gasteiger partial charge is 0.177 e. The molecule has 0 aliphatic heterocycles. The Morgan fingerprint density at radius 3 is 2.50 bits per heavy atom. The number of nitrogens with one attached hydrogen (secondary N) is 1. The van der Waals surface area contributed by atoms with Gasteiger partial charge in [-0.1, -0.05) is 74.9 Å². The summed E-state index contributed by atoms with van der Waals surface area (Å²) in [5.74, 6) is 0.621. The highest BCUT2D eigenvalue weighted by Crippen LogP contribution is 2.34. The Hall–Kier alpha value is -2.49. The van der Waals surface area contributed by atoms with Crippen LogP contribution in [0.25, 0.3) is 17.0 Å². The Kier molecular flexibility index (Phi) is 3.75. The molecule has 2 aromatic rings. The maximum atomic E-state index is 4.12. The number of allylic oxidation sites excluding steroid dienone is 6. The van der Waals surface area contributed by atoms with Gasteiger partial charge in [0.25, 0.3) is 0 Å². The molecule has 0 amide bonds. The van der Waals surface area contributed by atoms with Crippen molar-refractivity contribution in [3.8, 4) is 11.4 Å². The van der Waals surface area contributed by atoms with E-state index in [0.29, 0.717) is 5.82 Å². The van der Waals surface area contributed by atoms with Crippen molar-refractivity contribution in [1.29, 1.82) is 0 Å². The molecule has 0 atom stereocenters. The van der Waals surface area contributed by atoms with Crippen LogP contribution in [0.4, 0.5) is 0 Å². The Morgan fingerprint density at radius 1 is 1.05 bits per heavy atom. The van der Waals surface area contributed by atoms with Gasteiger partial charge in [0.15, 0.2) is 0 Å². The molecule has 1 aromatic heterocycles. The van der Waals surface area contributed by atoms with Crippen molar-refractivity contribution in [3.05, 3.63) is 59.7 Å². The molecular formula is C18H20N4. The largest absolute Gasteiger partial charge is 0.205 e. The van der Waals surface area contributed by atoms with Gasteiger partial charge < -0.3 is 0 Å². The van der Waals surface area contributed by atoms with Gasteiger partial charge in [-0.2, -0.15) is 5.21 Å². The molecule has 0 saturated carbocycles. The van der Waals surface area contributed by atoms with Crippen molar-refractivity contribution in [2.75, 3.05) is 0 Å². The molecule has 0 unspecified atom stereocenters. The summed E-state index contributed by atoms with van der Waals surface area (Å²) in [5, 5.41) is 14.4. The first kappa shape index (κ1) is 14.4. The highest BCUT2D eigenvalue weighted by molar-refractivity contribution is 5.84. The standard InChI is InChI=1S/C18H20N4/c1-4-13-9-10-14(12-18(2,3)11-13)15-7-5-6-8-16(15)17-19-21-22-20-17/h5-12H,4H2,1-3H3,(H,19,20,21,22). The molecule has 0 radical (unpaired) electrons. The van der Waals surface area contributed by atoms with Gasteiger partial charge >= 0.3 is 0 Å². The fraction of sp³-hybridized carbons (Fsp3) is 0.278. The van der Waals surface area contributed by atoms with Crippen LogP contribution in [0.3, 0.4) is 0 Å². The van der Waals surface area contributed by atoms with Gasteiger partial charge in [0.2, 0.25) is 5.82 Å². The third kappa shape index (κ3) is 2.91. The summed E-state index contributed by atoms with van der Waals surface area (Å²) in [4.78, 5) is 0. The van der Waals surface area contributed by atoms with Crippen molar-refractivity contribution >= 4 is 5.57 Å². The van der Waals surface area contributed by atoms with Crippen molar-refractivity contribution in [1.82, 2.24) is 20.6 Å². The molecule has 22 heavy (non-hydrogen) atoms. The third-order valence-electron chi connectivity index (χ3n) is 3.79. The quantitative estimate of drug-likeness (QED) is 0.923. The number of rotatable bonds is 3. The Labute approximate surface area is 130 Å². The van der Waals surface area contributed by atoms with Crippen LogP contribution >= 0.6 is 0 Å². The summed E-state index contributed by atoms with van der Waals surface area (Å²) < 4.78 is 0. The fourth-order valence-electron chi connectivity index (χ4n) is 2.81. The second-order valence-corrected chi connectivity index (χ2v) is 6.11. The van der Waals surface area contributed by atoms with Crippen LogP contribution in [0.5, 0.6) is 0 Å². The summed E-state index contributed by atoms with van der Waals surface area (Å²) in [7, 11) is 0. The number of hydrogen-bond acceptors (Lipinski definition) is 3. The van der Waals surface area contributed by atoms with E-state index in [9.17, 15) is 0 Å². The predicted octanol–water partition coefficient (Wildman–Crippen LogP) is 4.18. The molecule has 0 saturated heterocycles. The lowest BCUT2D eigenvalue weighted by Crippen LogP contribution is -2.04. The number of tetrazole rings is 1. The Bertz CT molecular complexity index is 749. The monoisotopic (exact) mass is 292 g/mol. The van der Waals surface area contributed by atoms with E-state index in [1.807, 2.05) is 18.2 Å². The molecule has 1 aliphatic carbocycles. The van der Waals surface area contributed by atoms with E-state index >= 15 is 0 Å². The molecule has 1 heterocycles. The second-order valence-electron chi connectivity index (χ2n) is 6.11. The van der Waals surface area contributed by atoms with Gasteiger partial charge in [-0.3, -0.25) is 0 Å². The summed E-state index contributed by atoms with van der Waals surface area (Å²) in [5.41, 5.74) is 4.66. The lowest BCUT2D eigenvalue weighted by molar-refractivity contribution is 0.623. The molecule has 4 heteroatoms. The van der Waals surface area contributed by atoms with Crippen LogP contribution in [0.1, 0.15) is 32.8 Å². The third-order valence-corrected chi connectivity index (χ3v) is 3.79. The zero-order valence-electron chi connectivity index (χ0n) is 13.2. The fourth-order valence-corrected chi connectivity index (χ4v) is 2.81. The minimum Gasteiger partial charge on any atom is -0.177 e. The van der Waals surface area contributed by atoms with Crippen molar-refractivity contribution in [3.63, 3.8) is 0 Å². The number of H-pyrrole nitrogens is 1. The normalized spacial score (nSPS) is 16.9. The maximum Gasteiger partial charge on any atom is 0.205 e. The molecule has 0 bridgehead atoms. The molecule has 1 N–H and O–H groups in total. The van der Waals surface area contributed by atoms with Gasteiger partial charge in [0.1, 0.15) is 0 Å². The van der Waals surface area contributed by atoms with Crippen molar-refractivity contribution < 1.29 is 0 Å². The zero-order chi connectivity index (χ0) is 15.6. The number of aromatic nitrogens is 4.